The van der Waals surface area contributed by atoms with Crippen LogP contribution in [0.1, 0.15) is 18.4 Å². The van der Waals surface area contributed by atoms with E-state index in [9.17, 15) is 4.79 Å². The van der Waals surface area contributed by atoms with Crippen molar-refractivity contribution in [2.24, 2.45) is 16.7 Å². The molecule has 1 aromatic rings. The maximum Gasteiger partial charge on any atom is 0.328 e. The number of hydrogen-bond acceptors (Lipinski definition) is 7. The molecule has 0 aliphatic carbocycles. The molecule has 20 heavy (non-hydrogen) atoms. The lowest BCUT2D eigenvalue weighted by Crippen LogP contribution is -2.44. The van der Waals surface area contributed by atoms with Crippen molar-refractivity contribution in [3.63, 3.8) is 0 Å². The van der Waals surface area contributed by atoms with Crippen molar-refractivity contribution in [1.29, 1.82) is 0 Å². The van der Waals surface area contributed by atoms with Gasteiger partial charge in [0.25, 0.3) is 0 Å². The van der Waals surface area contributed by atoms with Crippen LogP contribution in [0.2, 0.25) is 0 Å². The Bertz CT molecular complexity index is 436. The molecule has 1 atom stereocenters. The van der Waals surface area contributed by atoms with Gasteiger partial charge in [-0.1, -0.05) is 6.07 Å². The number of carbonyl (C=O) groups excluding carboxylic acids is 1. The minimum atomic E-state index is -0.670. The zero-order valence-electron chi connectivity index (χ0n) is 11.6. The molecule has 110 valence electrons. The number of carbonyl (C=O) groups is 1. The van der Waals surface area contributed by atoms with Crippen LogP contribution in [-0.2, 0) is 16.1 Å². The minimum Gasteiger partial charge on any atom is -0.468 e. The van der Waals surface area contributed by atoms with E-state index in [1.165, 1.54) is 7.11 Å². The summed E-state index contributed by atoms with van der Waals surface area (Å²) in [6.07, 6.45) is 4.67. The molecule has 0 aliphatic rings. The number of esters is 1. The average molecular weight is 279 g/mol. The predicted molar refractivity (Wildman–Crippen MR) is 76.8 cm³/mol. The Labute approximate surface area is 118 Å². The molecule has 0 aromatic carbocycles. The Morgan fingerprint density at radius 2 is 2.40 bits per heavy atom. The molecular formula is C13H21N5O2. The van der Waals surface area contributed by atoms with Gasteiger partial charge in [-0.15, -0.1) is 0 Å². The van der Waals surface area contributed by atoms with Crippen molar-refractivity contribution >= 4 is 11.7 Å². The lowest BCUT2D eigenvalue weighted by Gasteiger charge is -2.18. The summed E-state index contributed by atoms with van der Waals surface area (Å²) in [5.74, 6) is 4.94. The lowest BCUT2D eigenvalue weighted by molar-refractivity contribution is -0.141. The van der Waals surface area contributed by atoms with Gasteiger partial charge in [-0.2, -0.15) is 5.10 Å². The molecule has 0 saturated carbocycles. The molecule has 7 nitrogen and oxygen atoms in total. The summed E-state index contributed by atoms with van der Waals surface area (Å²) in [7, 11) is 1.33. The fraction of sp³-hybridized carbons (Fsp3) is 0.462. The van der Waals surface area contributed by atoms with E-state index < -0.39 is 12.0 Å². The highest BCUT2D eigenvalue weighted by Crippen LogP contribution is 2.03. The largest absolute Gasteiger partial charge is 0.468 e. The predicted octanol–water partition coefficient (Wildman–Crippen LogP) is -0.234. The van der Waals surface area contributed by atoms with Crippen LogP contribution in [0.3, 0.4) is 0 Å². The Morgan fingerprint density at radius 3 is 2.95 bits per heavy atom. The number of nitrogens with zero attached hydrogens (tertiary/aromatic N) is 2. The van der Waals surface area contributed by atoms with Crippen molar-refractivity contribution in [3.8, 4) is 0 Å². The average Bonchev–Trinajstić information content (AvgIpc) is 2.50. The second-order valence-corrected chi connectivity index (χ2v) is 4.21. The minimum absolute atomic E-state index is 0.421. The number of hydrazone groups is 1. The molecule has 1 rings (SSSR count). The molecule has 0 saturated heterocycles. The number of pyridine rings is 1. The summed E-state index contributed by atoms with van der Waals surface area (Å²) in [6, 6.07) is 3.07. The Balaban J connectivity index is 2.71. The van der Waals surface area contributed by atoms with Gasteiger partial charge in [0.1, 0.15) is 6.04 Å². The van der Waals surface area contributed by atoms with Crippen LogP contribution < -0.4 is 16.9 Å². The molecule has 1 heterocycles. The van der Waals surface area contributed by atoms with Gasteiger partial charge in [0, 0.05) is 18.9 Å². The second kappa shape index (κ2) is 9.00. The van der Waals surface area contributed by atoms with Crippen LogP contribution in [-0.4, -0.2) is 36.4 Å². The van der Waals surface area contributed by atoms with Gasteiger partial charge in [-0.25, -0.2) is 4.79 Å². The van der Waals surface area contributed by atoms with E-state index in [-0.39, 0.29) is 0 Å². The number of ether oxygens (including phenoxy) is 1. The molecule has 0 spiro atoms. The molecule has 0 amide bonds. The lowest BCUT2D eigenvalue weighted by atomic mass is 10.1. The quantitative estimate of drug-likeness (QED) is 0.262. The van der Waals surface area contributed by atoms with Crippen molar-refractivity contribution in [2.45, 2.75) is 25.4 Å². The summed E-state index contributed by atoms with van der Waals surface area (Å²) in [5.41, 5.74) is 6.95. The number of methoxy groups -OCH3 is 1. The van der Waals surface area contributed by atoms with Gasteiger partial charge in [0.15, 0.2) is 0 Å². The highest BCUT2D eigenvalue weighted by molar-refractivity contribution is 6.06. The van der Waals surface area contributed by atoms with Gasteiger partial charge in [0.05, 0.1) is 12.8 Å². The normalized spacial score (nSPS) is 13.0. The molecule has 7 heteroatoms. The van der Waals surface area contributed by atoms with Crippen LogP contribution in [0.4, 0.5) is 0 Å². The smallest absolute Gasteiger partial charge is 0.328 e. The van der Waals surface area contributed by atoms with Gasteiger partial charge in [0.2, 0.25) is 0 Å². The first-order chi connectivity index (χ1) is 9.72. The molecule has 5 N–H and O–H groups in total. The fourth-order valence-corrected chi connectivity index (χ4v) is 1.74. The van der Waals surface area contributed by atoms with Crippen LogP contribution in [0, 0.1) is 0 Å². The molecule has 0 unspecified atom stereocenters. The number of rotatable bonds is 8. The first-order valence-electron chi connectivity index (χ1n) is 6.39. The third-order valence-electron chi connectivity index (χ3n) is 2.81. The van der Waals surface area contributed by atoms with Crippen LogP contribution in [0.25, 0.3) is 0 Å². The van der Waals surface area contributed by atoms with Crippen molar-refractivity contribution in [3.05, 3.63) is 30.1 Å². The van der Waals surface area contributed by atoms with Crippen molar-refractivity contribution in [1.82, 2.24) is 10.3 Å². The van der Waals surface area contributed by atoms with Gasteiger partial charge < -0.3 is 16.3 Å². The van der Waals surface area contributed by atoms with E-state index >= 15 is 0 Å². The standard InChI is InChI=1S/C13H21N5O2/c1-20-13(19)12(11(18-15)5-2-6-14)17-9-10-4-3-7-16-8-10/h3-4,7-8,12,17H,2,5-6,9,14-15H2,1H3/t12-/m0/s1. The summed E-state index contributed by atoms with van der Waals surface area (Å²) < 4.78 is 4.78. The van der Waals surface area contributed by atoms with Crippen LogP contribution in [0.5, 0.6) is 0 Å². The van der Waals surface area contributed by atoms with E-state index in [0.29, 0.717) is 31.6 Å². The third kappa shape index (κ3) is 4.94. The number of nitrogens with two attached hydrogens (primary N) is 2. The summed E-state index contributed by atoms with van der Waals surface area (Å²) in [5, 5.41) is 6.77. The monoisotopic (exact) mass is 279 g/mol. The molecule has 0 radical (unpaired) electrons. The maximum atomic E-state index is 11.8. The zero-order chi connectivity index (χ0) is 14.8. The molecule has 1 aromatic heterocycles. The molecule has 0 bridgehead atoms. The van der Waals surface area contributed by atoms with E-state index in [1.807, 2.05) is 12.1 Å². The van der Waals surface area contributed by atoms with E-state index in [1.54, 1.807) is 12.4 Å². The topological polar surface area (TPSA) is 116 Å². The first-order valence-corrected chi connectivity index (χ1v) is 6.39. The van der Waals surface area contributed by atoms with Crippen LogP contribution in [0.15, 0.2) is 29.6 Å². The Kier molecular flexibility index (Phi) is 7.23. The molecule has 0 fully saturated rings. The molecule has 0 aliphatic heterocycles. The van der Waals surface area contributed by atoms with E-state index in [0.717, 1.165) is 5.56 Å². The fourth-order valence-electron chi connectivity index (χ4n) is 1.74. The van der Waals surface area contributed by atoms with E-state index in [4.69, 9.17) is 16.3 Å². The van der Waals surface area contributed by atoms with Gasteiger partial charge in [-0.3, -0.25) is 10.3 Å². The van der Waals surface area contributed by atoms with Crippen molar-refractivity contribution < 1.29 is 9.53 Å². The first kappa shape index (κ1) is 16.1. The number of nitrogens with one attached hydrogen (secondary N) is 1. The highest BCUT2D eigenvalue weighted by Gasteiger charge is 2.24. The number of aromatic nitrogens is 1. The van der Waals surface area contributed by atoms with Crippen LogP contribution >= 0.6 is 0 Å². The summed E-state index contributed by atoms with van der Waals surface area (Å²) in [4.78, 5) is 15.8. The Hall–Kier alpha value is -1.99. The maximum absolute atomic E-state index is 11.8. The Morgan fingerprint density at radius 1 is 1.60 bits per heavy atom. The zero-order valence-corrected chi connectivity index (χ0v) is 11.6. The second-order valence-electron chi connectivity index (χ2n) is 4.21. The molecular weight excluding hydrogens is 258 g/mol. The van der Waals surface area contributed by atoms with Gasteiger partial charge in [-0.05, 0) is 31.0 Å². The highest BCUT2D eigenvalue weighted by atomic mass is 16.5. The SMILES string of the molecule is COC(=O)[C@@H](NCc1cccnc1)C(CCCN)=NN. The van der Waals surface area contributed by atoms with Gasteiger partial charge >= 0.3 is 5.97 Å². The van der Waals surface area contributed by atoms with E-state index in [2.05, 4.69) is 15.4 Å². The summed E-state index contributed by atoms with van der Waals surface area (Å²) >= 11 is 0. The summed E-state index contributed by atoms with van der Waals surface area (Å²) in [6.45, 7) is 0.977. The number of hydrogen-bond donors (Lipinski definition) is 3. The van der Waals surface area contributed by atoms with Crippen molar-refractivity contribution in [2.75, 3.05) is 13.7 Å². The third-order valence-corrected chi connectivity index (χ3v) is 2.81.